The number of nitrogens with zero attached hydrogens (tertiary/aromatic N) is 1. The Morgan fingerprint density at radius 2 is 1.94 bits per heavy atom. The van der Waals surface area contributed by atoms with Crippen molar-refractivity contribution >= 4 is 0 Å². The summed E-state index contributed by atoms with van der Waals surface area (Å²) in [5.41, 5.74) is 4.15. The zero-order valence-corrected chi connectivity index (χ0v) is 11.2. The van der Waals surface area contributed by atoms with E-state index >= 15 is 0 Å². The van der Waals surface area contributed by atoms with Crippen molar-refractivity contribution in [3.63, 3.8) is 0 Å². The molecule has 0 radical (unpaired) electrons. The van der Waals surface area contributed by atoms with Crippen LogP contribution in [0.5, 0.6) is 0 Å². The largest absolute Gasteiger partial charge is 0.313 e. The van der Waals surface area contributed by atoms with Crippen LogP contribution in [0.2, 0.25) is 0 Å². The second-order valence-corrected chi connectivity index (χ2v) is 4.79. The van der Waals surface area contributed by atoms with E-state index in [0.717, 1.165) is 13.0 Å². The first-order valence-electron chi connectivity index (χ1n) is 5.93. The molecule has 0 aliphatic rings. The summed E-state index contributed by atoms with van der Waals surface area (Å²) in [5.74, 6) is 0. The normalized spacial score (nSPS) is 13.1. The summed E-state index contributed by atoms with van der Waals surface area (Å²) in [5, 5.41) is 3.42. The fraction of sp³-hybridized carbons (Fsp3) is 0.571. The quantitative estimate of drug-likeness (QED) is 0.820. The van der Waals surface area contributed by atoms with Crippen molar-refractivity contribution in [3.8, 4) is 0 Å². The van der Waals surface area contributed by atoms with Crippen LogP contribution in [-0.4, -0.2) is 32.6 Å². The molecule has 0 aliphatic carbocycles. The number of rotatable bonds is 5. The average Bonchev–Trinajstić information content (AvgIpc) is 2.23. The molecule has 1 N–H and O–H groups in total. The van der Waals surface area contributed by atoms with E-state index in [9.17, 15) is 0 Å². The number of aryl methyl sites for hydroxylation is 2. The van der Waals surface area contributed by atoms with Gasteiger partial charge in [0.1, 0.15) is 0 Å². The minimum Gasteiger partial charge on any atom is -0.313 e. The molecule has 1 unspecified atom stereocenters. The predicted molar refractivity (Wildman–Crippen MR) is 70.9 cm³/mol. The second kappa shape index (κ2) is 6.02. The average molecular weight is 220 g/mol. The zero-order valence-electron chi connectivity index (χ0n) is 11.2. The molecule has 16 heavy (non-hydrogen) atoms. The topological polar surface area (TPSA) is 15.3 Å². The molecule has 0 aromatic heterocycles. The standard InChI is InChI=1S/C14H24N2/c1-11-6-7-12(2)13(10-11)14(15-3)8-9-16(4)5/h6-7,10,14-15H,8-9H2,1-5H3. The van der Waals surface area contributed by atoms with Crippen molar-refractivity contribution in [3.05, 3.63) is 34.9 Å². The van der Waals surface area contributed by atoms with Gasteiger partial charge in [-0.15, -0.1) is 0 Å². The van der Waals surface area contributed by atoms with Crippen LogP contribution in [0.25, 0.3) is 0 Å². The number of nitrogens with one attached hydrogen (secondary N) is 1. The van der Waals surface area contributed by atoms with Crippen molar-refractivity contribution in [1.29, 1.82) is 0 Å². The number of hydrogen-bond acceptors (Lipinski definition) is 2. The highest BCUT2D eigenvalue weighted by atomic mass is 15.1. The summed E-state index contributed by atoms with van der Waals surface area (Å²) in [7, 11) is 6.29. The van der Waals surface area contributed by atoms with Crippen LogP contribution in [0.1, 0.15) is 29.2 Å². The lowest BCUT2D eigenvalue weighted by Gasteiger charge is -2.21. The minimum absolute atomic E-state index is 0.460. The summed E-state index contributed by atoms with van der Waals surface area (Å²) in [6.45, 7) is 5.45. The molecule has 2 nitrogen and oxygen atoms in total. The first kappa shape index (κ1) is 13.2. The Morgan fingerprint density at radius 1 is 1.25 bits per heavy atom. The molecule has 1 aromatic carbocycles. The molecule has 0 spiro atoms. The number of hydrogen-bond donors (Lipinski definition) is 1. The number of benzene rings is 1. The van der Waals surface area contributed by atoms with E-state index in [1.807, 2.05) is 7.05 Å². The van der Waals surface area contributed by atoms with Crippen LogP contribution in [0.15, 0.2) is 18.2 Å². The van der Waals surface area contributed by atoms with E-state index in [0.29, 0.717) is 6.04 Å². The molecule has 1 aromatic rings. The van der Waals surface area contributed by atoms with E-state index in [2.05, 4.69) is 56.4 Å². The van der Waals surface area contributed by atoms with Crippen LogP contribution in [0.3, 0.4) is 0 Å². The van der Waals surface area contributed by atoms with Gasteiger partial charge in [0.15, 0.2) is 0 Å². The Morgan fingerprint density at radius 3 is 2.50 bits per heavy atom. The Bertz CT molecular complexity index is 332. The van der Waals surface area contributed by atoms with Gasteiger partial charge in [0.2, 0.25) is 0 Å². The Balaban J connectivity index is 2.81. The fourth-order valence-electron chi connectivity index (χ4n) is 1.98. The van der Waals surface area contributed by atoms with Gasteiger partial charge < -0.3 is 10.2 Å². The van der Waals surface area contributed by atoms with E-state index in [-0.39, 0.29) is 0 Å². The summed E-state index contributed by atoms with van der Waals surface area (Å²) >= 11 is 0. The predicted octanol–water partition coefficient (Wildman–Crippen LogP) is 2.52. The zero-order chi connectivity index (χ0) is 12.1. The highest BCUT2D eigenvalue weighted by molar-refractivity contribution is 5.32. The maximum atomic E-state index is 3.42. The van der Waals surface area contributed by atoms with Crippen LogP contribution >= 0.6 is 0 Å². The maximum absolute atomic E-state index is 3.42. The van der Waals surface area contributed by atoms with Crippen LogP contribution < -0.4 is 5.32 Å². The molecule has 0 saturated heterocycles. The minimum atomic E-state index is 0.460. The Hall–Kier alpha value is -0.860. The van der Waals surface area contributed by atoms with Crippen molar-refractivity contribution in [2.75, 3.05) is 27.7 Å². The van der Waals surface area contributed by atoms with E-state index in [1.165, 1.54) is 16.7 Å². The molecule has 0 heterocycles. The molecule has 0 fully saturated rings. The van der Waals surface area contributed by atoms with Crippen LogP contribution in [0.4, 0.5) is 0 Å². The maximum Gasteiger partial charge on any atom is 0.0332 e. The third kappa shape index (κ3) is 3.62. The molecule has 2 heteroatoms. The van der Waals surface area contributed by atoms with Gasteiger partial charge in [0, 0.05) is 6.04 Å². The molecular weight excluding hydrogens is 196 g/mol. The molecule has 1 rings (SSSR count). The van der Waals surface area contributed by atoms with E-state index < -0.39 is 0 Å². The Labute approximate surface area is 99.7 Å². The smallest absolute Gasteiger partial charge is 0.0332 e. The van der Waals surface area contributed by atoms with Crippen molar-refractivity contribution in [2.24, 2.45) is 0 Å². The molecular formula is C14H24N2. The van der Waals surface area contributed by atoms with Gasteiger partial charge in [-0.3, -0.25) is 0 Å². The molecule has 1 atom stereocenters. The molecule has 0 aliphatic heterocycles. The third-order valence-electron chi connectivity index (χ3n) is 3.02. The first-order valence-corrected chi connectivity index (χ1v) is 5.93. The van der Waals surface area contributed by atoms with Crippen molar-refractivity contribution < 1.29 is 0 Å². The van der Waals surface area contributed by atoms with Gasteiger partial charge in [0.25, 0.3) is 0 Å². The van der Waals surface area contributed by atoms with E-state index in [4.69, 9.17) is 0 Å². The first-order chi connectivity index (χ1) is 7.54. The second-order valence-electron chi connectivity index (χ2n) is 4.79. The van der Waals surface area contributed by atoms with Gasteiger partial charge in [-0.1, -0.05) is 23.8 Å². The molecule has 0 bridgehead atoms. The third-order valence-corrected chi connectivity index (χ3v) is 3.02. The Kier molecular flexibility index (Phi) is 4.97. The lowest BCUT2D eigenvalue weighted by Crippen LogP contribution is -2.23. The summed E-state index contributed by atoms with van der Waals surface area (Å²) in [6, 6.07) is 7.15. The van der Waals surface area contributed by atoms with Gasteiger partial charge in [-0.25, -0.2) is 0 Å². The SMILES string of the molecule is CNC(CCN(C)C)c1cc(C)ccc1C. The monoisotopic (exact) mass is 220 g/mol. The van der Waals surface area contributed by atoms with E-state index in [1.54, 1.807) is 0 Å². The molecule has 0 saturated carbocycles. The van der Waals surface area contributed by atoms with Crippen molar-refractivity contribution in [2.45, 2.75) is 26.3 Å². The molecule has 0 amide bonds. The van der Waals surface area contributed by atoms with Gasteiger partial charge >= 0.3 is 0 Å². The molecule has 90 valence electrons. The van der Waals surface area contributed by atoms with Crippen LogP contribution in [0, 0.1) is 13.8 Å². The van der Waals surface area contributed by atoms with Crippen molar-refractivity contribution in [1.82, 2.24) is 10.2 Å². The lowest BCUT2D eigenvalue weighted by molar-refractivity contribution is 0.368. The highest BCUT2D eigenvalue weighted by Gasteiger charge is 2.11. The summed E-state index contributed by atoms with van der Waals surface area (Å²) in [6.07, 6.45) is 1.15. The summed E-state index contributed by atoms with van der Waals surface area (Å²) < 4.78 is 0. The highest BCUT2D eigenvalue weighted by Crippen LogP contribution is 2.21. The van der Waals surface area contributed by atoms with Gasteiger partial charge in [0.05, 0.1) is 0 Å². The lowest BCUT2D eigenvalue weighted by atomic mass is 9.97. The van der Waals surface area contributed by atoms with Crippen LogP contribution in [-0.2, 0) is 0 Å². The fourth-order valence-corrected chi connectivity index (χ4v) is 1.98. The van der Waals surface area contributed by atoms with Gasteiger partial charge in [-0.2, -0.15) is 0 Å². The van der Waals surface area contributed by atoms with Gasteiger partial charge in [-0.05, 0) is 59.1 Å². The summed E-state index contributed by atoms with van der Waals surface area (Å²) in [4.78, 5) is 2.23.